The molecule has 0 spiro atoms. The molecule has 2 rings (SSSR count). The average molecular weight is 334 g/mol. The third kappa shape index (κ3) is 4.89. The number of piperidine rings is 1. The molecule has 1 aliphatic heterocycles. The number of nitrogens with zero attached hydrogens (tertiary/aromatic N) is 1. The monoisotopic (exact) mass is 334 g/mol. The van der Waals surface area contributed by atoms with E-state index < -0.39 is 0 Å². The van der Waals surface area contributed by atoms with Gasteiger partial charge < -0.3 is 19.5 Å². The number of benzene rings is 1. The number of ether oxygens (including phenoxy) is 3. The minimum absolute atomic E-state index is 0.517. The van der Waals surface area contributed by atoms with E-state index in [-0.39, 0.29) is 0 Å². The topological polar surface area (TPSA) is 43.0 Å². The van der Waals surface area contributed by atoms with Gasteiger partial charge in [-0.3, -0.25) is 4.90 Å². The first kappa shape index (κ1) is 18.6. The van der Waals surface area contributed by atoms with Crippen molar-refractivity contribution in [3.8, 4) is 17.2 Å². The van der Waals surface area contributed by atoms with Crippen molar-refractivity contribution in [2.45, 2.75) is 32.4 Å². The van der Waals surface area contributed by atoms with Crippen molar-refractivity contribution < 1.29 is 14.2 Å². The van der Waals surface area contributed by atoms with Crippen LogP contribution in [-0.4, -0.2) is 51.9 Å². The van der Waals surface area contributed by atoms with Crippen molar-refractivity contribution in [3.05, 3.63) is 29.8 Å². The van der Waals surface area contributed by atoms with Gasteiger partial charge >= 0.3 is 0 Å². The van der Waals surface area contributed by atoms with Crippen LogP contribution in [0.4, 0.5) is 0 Å². The highest BCUT2D eigenvalue weighted by Crippen LogP contribution is 2.34. The van der Waals surface area contributed by atoms with Crippen LogP contribution in [0.15, 0.2) is 24.3 Å². The van der Waals surface area contributed by atoms with Gasteiger partial charge in [0.15, 0.2) is 0 Å². The summed E-state index contributed by atoms with van der Waals surface area (Å²) in [4.78, 5) is 2.47. The van der Waals surface area contributed by atoms with E-state index >= 15 is 0 Å². The molecule has 0 amide bonds. The summed E-state index contributed by atoms with van der Waals surface area (Å²) in [7, 11) is 4.99. The number of rotatable bonds is 8. The van der Waals surface area contributed by atoms with Gasteiger partial charge in [-0.1, -0.05) is 12.2 Å². The normalized spacial score (nSPS) is 16.0. The molecule has 1 aliphatic rings. The zero-order valence-corrected chi connectivity index (χ0v) is 15.4. The van der Waals surface area contributed by atoms with E-state index in [4.69, 9.17) is 14.2 Å². The Morgan fingerprint density at radius 3 is 2.17 bits per heavy atom. The van der Waals surface area contributed by atoms with Crippen molar-refractivity contribution in [2.75, 3.05) is 41.0 Å². The van der Waals surface area contributed by atoms with Crippen LogP contribution in [0.1, 0.15) is 25.3 Å². The lowest BCUT2D eigenvalue weighted by molar-refractivity contribution is 0.210. The minimum atomic E-state index is 0.517. The van der Waals surface area contributed by atoms with Crippen LogP contribution in [0.5, 0.6) is 17.2 Å². The second kappa shape index (κ2) is 8.94. The Labute approximate surface area is 145 Å². The summed E-state index contributed by atoms with van der Waals surface area (Å²) in [5.41, 5.74) is 2.26. The zero-order valence-electron chi connectivity index (χ0n) is 15.4. The molecule has 5 nitrogen and oxygen atoms in total. The fourth-order valence-electron chi connectivity index (χ4n) is 3.18. The summed E-state index contributed by atoms with van der Waals surface area (Å²) in [5, 5.41) is 3.65. The fraction of sp³-hybridized carbons (Fsp3) is 0.579. The molecule has 1 heterocycles. The molecule has 0 atom stereocenters. The molecule has 0 saturated carbocycles. The summed E-state index contributed by atoms with van der Waals surface area (Å²) in [6.45, 7) is 10.0. The van der Waals surface area contributed by atoms with Crippen molar-refractivity contribution in [2.24, 2.45) is 0 Å². The molecule has 1 aromatic carbocycles. The second-order valence-corrected chi connectivity index (χ2v) is 6.40. The largest absolute Gasteiger partial charge is 0.496 e. The predicted molar refractivity (Wildman–Crippen MR) is 97.2 cm³/mol. The molecule has 0 radical (unpaired) electrons. The molecule has 24 heavy (non-hydrogen) atoms. The third-order valence-corrected chi connectivity index (χ3v) is 4.47. The van der Waals surface area contributed by atoms with Gasteiger partial charge in [0, 0.05) is 31.3 Å². The smallest absolute Gasteiger partial charge is 0.130 e. The Morgan fingerprint density at radius 2 is 1.71 bits per heavy atom. The standard InChI is InChI=1S/C19H30N2O3/c1-14(2)13-21-8-6-15(7-9-21)20-12-17-18(23-4)10-16(22-3)11-19(17)24-5/h10-11,15,20H,1,6-9,12-13H2,2-5H3. The van der Waals surface area contributed by atoms with Gasteiger partial charge in [0.25, 0.3) is 0 Å². The molecule has 1 saturated heterocycles. The van der Waals surface area contributed by atoms with Crippen LogP contribution >= 0.6 is 0 Å². The molecule has 5 heteroatoms. The highest BCUT2D eigenvalue weighted by molar-refractivity contribution is 5.50. The van der Waals surface area contributed by atoms with Crippen LogP contribution in [0.3, 0.4) is 0 Å². The van der Waals surface area contributed by atoms with Crippen LogP contribution in [0.2, 0.25) is 0 Å². The first-order chi connectivity index (χ1) is 11.6. The Hall–Kier alpha value is -1.72. The van der Waals surface area contributed by atoms with E-state index in [0.29, 0.717) is 6.04 Å². The summed E-state index contributed by atoms with van der Waals surface area (Å²) in [5.74, 6) is 2.32. The molecule has 1 aromatic rings. The average Bonchev–Trinajstić information content (AvgIpc) is 2.59. The van der Waals surface area contributed by atoms with E-state index in [2.05, 4.69) is 23.7 Å². The Balaban J connectivity index is 1.96. The zero-order chi connectivity index (χ0) is 17.5. The summed E-state index contributed by atoms with van der Waals surface area (Å²) in [6.07, 6.45) is 2.29. The Morgan fingerprint density at radius 1 is 1.12 bits per heavy atom. The summed E-state index contributed by atoms with van der Waals surface area (Å²) >= 11 is 0. The van der Waals surface area contributed by atoms with E-state index in [0.717, 1.165) is 61.8 Å². The maximum Gasteiger partial charge on any atom is 0.130 e. The van der Waals surface area contributed by atoms with Crippen LogP contribution in [-0.2, 0) is 6.54 Å². The first-order valence-electron chi connectivity index (χ1n) is 8.46. The lowest BCUT2D eigenvalue weighted by atomic mass is 10.0. The SMILES string of the molecule is C=C(C)CN1CCC(NCc2c(OC)cc(OC)cc2OC)CC1. The van der Waals surface area contributed by atoms with Gasteiger partial charge in [0.1, 0.15) is 17.2 Å². The molecule has 0 unspecified atom stereocenters. The number of hydrogen-bond acceptors (Lipinski definition) is 5. The van der Waals surface area contributed by atoms with Crippen molar-refractivity contribution in [1.82, 2.24) is 10.2 Å². The van der Waals surface area contributed by atoms with Crippen LogP contribution in [0.25, 0.3) is 0 Å². The molecule has 0 aliphatic carbocycles. The van der Waals surface area contributed by atoms with E-state index in [1.165, 1.54) is 5.57 Å². The maximum atomic E-state index is 5.51. The van der Waals surface area contributed by atoms with Crippen molar-refractivity contribution in [1.29, 1.82) is 0 Å². The molecular weight excluding hydrogens is 304 g/mol. The molecule has 1 fully saturated rings. The molecule has 0 bridgehead atoms. The highest BCUT2D eigenvalue weighted by atomic mass is 16.5. The van der Waals surface area contributed by atoms with E-state index in [1.54, 1.807) is 21.3 Å². The lowest BCUT2D eigenvalue weighted by Gasteiger charge is -2.32. The molecule has 1 N–H and O–H groups in total. The number of hydrogen-bond donors (Lipinski definition) is 1. The van der Waals surface area contributed by atoms with E-state index in [1.807, 2.05) is 12.1 Å². The summed E-state index contributed by atoms with van der Waals surface area (Å²) < 4.78 is 16.3. The van der Waals surface area contributed by atoms with Crippen LogP contribution in [0, 0.1) is 0 Å². The van der Waals surface area contributed by atoms with Gasteiger partial charge in [-0.05, 0) is 32.9 Å². The quantitative estimate of drug-likeness (QED) is 0.741. The van der Waals surface area contributed by atoms with Gasteiger partial charge in [-0.15, -0.1) is 0 Å². The van der Waals surface area contributed by atoms with Gasteiger partial charge in [-0.25, -0.2) is 0 Å². The fourth-order valence-corrected chi connectivity index (χ4v) is 3.18. The second-order valence-electron chi connectivity index (χ2n) is 6.40. The Bertz CT molecular complexity index is 527. The van der Waals surface area contributed by atoms with Gasteiger partial charge in [0.05, 0.1) is 26.9 Å². The molecule has 134 valence electrons. The Kier molecular flexibility index (Phi) is 6.94. The first-order valence-corrected chi connectivity index (χ1v) is 8.46. The van der Waals surface area contributed by atoms with Gasteiger partial charge in [0.2, 0.25) is 0 Å². The third-order valence-electron chi connectivity index (χ3n) is 4.47. The molecule has 0 aromatic heterocycles. The predicted octanol–water partition coefficient (Wildman–Crippen LogP) is 2.84. The minimum Gasteiger partial charge on any atom is -0.496 e. The van der Waals surface area contributed by atoms with E-state index in [9.17, 15) is 0 Å². The number of nitrogens with one attached hydrogen (secondary N) is 1. The molecular formula is C19H30N2O3. The number of likely N-dealkylation sites (tertiary alicyclic amines) is 1. The van der Waals surface area contributed by atoms with Gasteiger partial charge in [-0.2, -0.15) is 0 Å². The van der Waals surface area contributed by atoms with Crippen molar-refractivity contribution in [3.63, 3.8) is 0 Å². The maximum absolute atomic E-state index is 5.51. The van der Waals surface area contributed by atoms with Crippen molar-refractivity contribution >= 4 is 0 Å². The lowest BCUT2D eigenvalue weighted by Crippen LogP contribution is -2.42. The number of methoxy groups -OCH3 is 3. The highest BCUT2D eigenvalue weighted by Gasteiger charge is 2.20. The summed E-state index contributed by atoms with van der Waals surface area (Å²) in [6, 6.07) is 4.31. The van der Waals surface area contributed by atoms with Crippen LogP contribution < -0.4 is 19.5 Å².